The van der Waals surface area contributed by atoms with Crippen molar-refractivity contribution < 1.29 is 9.18 Å². The first-order valence-electron chi connectivity index (χ1n) is 7.90. The summed E-state index contributed by atoms with van der Waals surface area (Å²) in [5, 5.41) is 5.27. The number of nitrogens with one attached hydrogen (secondary N) is 2. The molecule has 2 aromatic carbocycles. The number of amides is 2. The maximum absolute atomic E-state index is 13.5. The summed E-state index contributed by atoms with van der Waals surface area (Å²) < 4.78 is 13.5. The fourth-order valence-electron chi connectivity index (χ4n) is 2.78. The summed E-state index contributed by atoms with van der Waals surface area (Å²) in [7, 11) is 0. The Morgan fingerprint density at radius 1 is 0.957 bits per heavy atom. The molecule has 0 aromatic heterocycles. The van der Waals surface area contributed by atoms with Crippen molar-refractivity contribution in [3.05, 3.63) is 54.3 Å². The van der Waals surface area contributed by atoms with Crippen LogP contribution in [0.1, 0.15) is 19.3 Å². The number of hydrogen-bond acceptors (Lipinski definition) is 2. The highest BCUT2D eigenvalue weighted by Crippen LogP contribution is 2.23. The molecule has 4 nitrogen and oxygen atoms in total. The highest BCUT2D eigenvalue weighted by atomic mass is 19.1. The van der Waals surface area contributed by atoms with Crippen molar-refractivity contribution >= 4 is 23.1 Å². The summed E-state index contributed by atoms with van der Waals surface area (Å²) in [6.45, 7) is 2.09. The summed E-state index contributed by atoms with van der Waals surface area (Å²) in [6, 6.07) is 13.4. The van der Waals surface area contributed by atoms with Crippen molar-refractivity contribution in [3.8, 4) is 0 Å². The summed E-state index contributed by atoms with van der Waals surface area (Å²) in [6.07, 6.45) is 3.68. The Labute approximate surface area is 135 Å². The van der Waals surface area contributed by atoms with Crippen LogP contribution < -0.4 is 15.5 Å². The molecular weight excluding hydrogens is 293 g/mol. The third-order valence-corrected chi connectivity index (χ3v) is 3.95. The summed E-state index contributed by atoms with van der Waals surface area (Å²) in [4.78, 5) is 14.3. The van der Waals surface area contributed by atoms with E-state index in [1.54, 1.807) is 12.1 Å². The van der Waals surface area contributed by atoms with Crippen molar-refractivity contribution in [2.75, 3.05) is 28.6 Å². The van der Waals surface area contributed by atoms with E-state index in [2.05, 4.69) is 15.5 Å². The highest BCUT2D eigenvalue weighted by molar-refractivity contribution is 6.00. The molecule has 1 fully saturated rings. The first-order valence-corrected chi connectivity index (χ1v) is 7.90. The molecule has 2 N–H and O–H groups in total. The number of piperidine rings is 1. The standard InChI is InChI=1S/C18H20FN3O/c19-16-9-2-3-10-17(16)21-18(23)20-14-7-6-8-15(13-14)22-11-4-1-5-12-22/h2-3,6-10,13H,1,4-5,11-12H2,(H2,20,21,23). The van der Waals surface area contributed by atoms with Crippen molar-refractivity contribution in [3.63, 3.8) is 0 Å². The van der Waals surface area contributed by atoms with E-state index in [1.165, 1.54) is 31.4 Å². The third kappa shape index (κ3) is 4.00. The lowest BCUT2D eigenvalue weighted by molar-refractivity contribution is 0.262. The topological polar surface area (TPSA) is 44.4 Å². The number of hydrogen-bond donors (Lipinski definition) is 2. The van der Waals surface area contributed by atoms with E-state index in [1.807, 2.05) is 24.3 Å². The zero-order valence-corrected chi connectivity index (χ0v) is 12.9. The van der Waals surface area contributed by atoms with E-state index >= 15 is 0 Å². The van der Waals surface area contributed by atoms with Gasteiger partial charge in [0, 0.05) is 24.5 Å². The average Bonchev–Trinajstić information content (AvgIpc) is 2.58. The molecule has 2 amide bonds. The molecule has 0 spiro atoms. The Morgan fingerprint density at radius 3 is 2.52 bits per heavy atom. The molecule has 1 aliphatic rings. The largest absolute Gasteiger partial charge is 0.371 e. The van der Waals surface area contributed by atoms with Gasteiger partial charge in [0.25, 0.3) is 0 Å². The van der Waals surface area contributed by atoms with Gasteiger partial charge in [0.15, 0.2) is 0 Å². The van der Waals surface area contributed by atoms with Gasteiger partial charge in [-0.1, -0.05) is 18.2 Å². The van der Waals surface area contributed by atoms with Crippen LogP contribution in [-0.2, 0) is 0 Å². The fraction of sp³-hybridized carbons (Fsp3) is 0.278. The minimum Gasteiger partial charge on any atom is -0.371 e. The van der Waals surface area contributed by atoms with Crippen LogP contribution >= 0.6 is 0 Å². The first-order chi connectivity index (χ1) is 11.2. The SMILES string of the molecule is O=C(Nc1cccc(N2CCCCC2)c1)Nc1ccccc1F. The molecule has 3 rings (SSSR count). The van der Waals surface area contributed by atoms with Crippen LogP contribution in [0.3, 0.4) is 0 Å². The number of urea groups is 1. The zero-order chi connectivity index (χ0) is 16.1. The molecule has 0 atom stereocenters. The van der Waals surface area contributed by atoms with Crippen LogP contribution in [0.5, 0.6) is 0 Å². The minimum atomic E-state index is -0.454. The molecule has 0 bridgehead atoms. The Balaban J connectivity index is 1.65. The normalized spacial score (nSPS) is 14.4. The van der Waals surface area contributed by atoms with E-state index in [-0.39, 0.29) is 5.69 Å². The molecule has 1 aliphatic heterocycles. The fourth-order valence-corrected chi connectivity index (χ4v) is 2.78. The lowest BCUT2D eigenvalue weighted by Crippen LogP contribution is -2.29. The summed E-state index contributed by atoms with van der Waals surface area (Å²) >= 11 is 0. The second kappa shape index (κ2) is 7.13. The van der Waals surface area contributed by atoms with Crippen molar-refractivity contribution in [2.45, 2.75) is 19.3 Å². The summed E-state index contributed by atoms with van der Waals surface area (Å²) in [5.74, 6) is -0.454. The van der Waals surface area contributed by atoms with E-state index in [9.17, 15) is 9.18 Å². The second-order valence-corrected chi connectivity index (χ2v) is 5.66. The van der Waals surface area contributed by atoms with Gasteiger partial charge in [-0.2, -0.15) is 0 Å². The molecule has 0 unspecified atom stereocenters. The van der Waals surface area contributed by atoms with Crippen molar-refractivity contribution in [2.24, 2.45) is 0 Å². The number of para-hydroxylation sites is 1. The predicted octanol–water partition coefficient (Wildman–Crippen LogP) is 4.46. The number of nitrogens with zero attached hydrogens (tertiary/aromatic N) is 1. The lowest BCUT2D eigenvalue weighted by atomic mass is 10.1. The number of carbonyl (C=O) groups is 1. The van der Waals surface area contributed by atoms with Gasteiger partial charge in [0.2, 0.25) is 0 Å². The van der Waals surface area contributed by atoms with Gasteiger partial charge in [-0.15, -0.1) is 0 Å². The third-order valence-electron chi connectivity index (χ3n) is 3.95. The van der Waals surface area contributed by atoms with Crippen LogP contribution in [0, 0.1) is 5.82 Å². The van der Waals surface area contributed by atoms with Crippen LogP contribution in [0.25, 0.3) is 0 Å². The molecule has 120 valence electrons. The first kappa shape index (κ1) is 15.3. The van der Waals surface area contributed by atoms with Gasteiger partial charge in [-0.25, -0.2) is 9.18 Å². The lowest BCUT2D eigenvalue weighted by Gasteiger charge is -2.29. The van der Waals surface area contributed by atoms with E-state index in [4.69, 9.17) is 0 Å². The molecule has 1 heterocycles. The van der Waals surface area contributed by atoms with E-state index in [0.717, 1.165) is 18.8 Å². The second-order valence-electron chi connectivity index (χ2n) is 5.66. The maximum atomic E-state index is 13.5. The van der Waals surface area contributed by atoms with E-state index < -0.39 is 11.8 Å². The number of rotatable bonds is 3. The summed E-state index contributed by atoms with van der Waals surface area (Å²) in [5.41, 5.74) is 1.97. The van der Waals surface area contributed by atoms with Gasteiger partial charge < -0.3 is 15.5 Å². The Hall–Kier alpha value is -2.56. The highest BCUT2D eigenvalue weighted by Gasteiger charge is 2.12. The Bertz CT molecular complexity index is 683. The number of anilines is 3. The monoisotopic (exact) mass is 313 g/mol. The van der Waals surface area contributed by atoms with Gasteiger partial charge in [-0.05, 0) is 49.6 Å². The van der Waals surface area contributed by atoms with Crippen molar-refractivity contribution in [1.82, 2.24) is 0 Å². The van der Waals surface area contributed by atoms with Crippen LogP contribution in [-0.4, -0.2) is 19.1 Å². The minimum absolute atomic E-state index is 0.164. The van der Waals surface area contributed by atoms with Gasteiger partial charge in [0.1, 0.15) is 5.82 Å². The average molecular weight is 313 g/mol. The molecule has 0 aliphatic carbocycles. The molecule has 0 radical (unpaired) electrons. The molecule has 2 aromatic rings. The molecule has 0 saturated carbocycles. The molecular formula is C18H20FN3O. The number of carbonyl (C=O) groups excluding carboxylic acids is 1. The zero-order valence-electron chi connectivity index (χ0n) is 12.9. The van der Waals surface area contributed by atoms with Crippen LogP contribution in [0.2, 0.25) is 0 Å². The van der Waals surface area contributed by atoms with Gasteiger partial charge >= 0.3 is 6.03 Å². The quantitative estimate of drug-likeness (QED) is 0.878. The van der Waals surface area contributed by atoms with Crippen LogP contribution in [0.15, 0.2) is 48.5 Å². The maximum Gasteiger partial charge on any atom is 0.323 e. The van der Waals surface area contributed by atoms with Crippen molar-refractivity contribution in [1.29, 1.82) is 0 Å². The predicted molar refractivity (Wildman–Crippen MR) is 91.5 cm³/mol. The van der Waals surface area contributed by atoms with E-state index in [0.29, 0.717) is 5.69 Å². The molecule has 5 heteroatoms. The Morgan fingerprint density at radius 2 is 1.74 bits per heavy atom. The van der Waals surface area contributed by atoms with Gasteiger partial charge in [-0.3, -0.25) is 0 Å². The number of benzene rings is 2. The molecule has 23 heavy (non-hydrogen) atoms. The smallest absolute Gasteiger partial charge is 0.323 e. The Kier molecular flexibility index (Phi) is 4.76. The molecule has 1 saturated heterocycles. The van der Waals surface area contributed by atoms with Crippen LogP contribution in [0.4, 0.5) is 26.2 Å². The number of halogens is 1. The van der Waals surface area contributed by atoms with Gasteiger partial charge in [0.05, 0.1) is 5.69 Å².